The predicted molar refractivity (Wildman–Crippen MR) is 69.7 cm³/mol. The van der Waals surface area contributed by atoms with E-state index in [1.807, 2.05) is 12.1 Å². The van der Waals surface area contributed by atoms with Gasteiger partial charge in [-0.15, -0.1) is 0 Å². The van der Waals surface area contributed by atoms with E-state index in [0.717, 1.165) is 38.2 Å². The average Bonchev–Trinajstić information content (AvgIpc) is 3.06. The summed E-state index contributed by atoms with van der Waals surface area (Å²) in [6.07, 6.45) is 4.73. The van der Waals surface area contributed by atoms with Gasteiger partial charge >= 0.3 is 0 Å². The number of hydrogen-bond acceptors (Lipinski definition) is 4. The van der Waals surface area contributed by atoms with Crippen molar-refractivity contribution in [3.05, 3.63) is 24.2 Å². The van der Waals surface area contributed by atoms with Gasteiger partial charge in [0.2, 0.25) is 0 Å². The Morgan fingerprint density at radius 1 is 1.56 bits per heavy atom. The molecule has 0 saturated carbocycles. The Hall–Kier alpha value is -0.840. The van der Waals surface area contributed by atoms with E-state index in [2.05, 4.69) is 12.2 Å². The topological polar surface area (TPSA) is 43.6 Å². The largest absolute Gasteiger partial charge is 0.469 e. The third kappa shape index (κ3) is 3.57. The van der Waals surface area contributed by atoms with Gasteiger partial charge in [0, 0.05) is 39.1 Å². The Morgan fingerprint density at radius 2 is 2.44 bits per heavy atom. The molecular formula is C14H23NO3. The lowest BCUT2D eigenvalue weighted by Gasteiger charge is -2.28. The summed E-state index contributed by atoms with van der Waals surface area (Å²) in [6, 6.07) is 4.40. The van der Waals surface area contributed by atoms with Crippen molar-refractivity contribution in [2.24, 2.45) is 0 Å². The van der Waals surface area contributed by atoms with Crippen molar-refractivity contribution in [3.63, 3.8) is 0 Å². The maximum absolute atomic E-state index is 5.59. The summed E-state index contributed by atoms with van der Waals surface area (Å²) in [4.78, 5) is 0. The molecule has 1 aromatic rings. The second-order valence-electron chi connectivity index (χ2n) is 5.09. The van der Waals surface area contributed by atoms with Crippen LogP contribution in [0.5, 0.6) is 0 Å². The van der Waals surface area contributed by atoms with Gasteiger partial charge in [-0.05, 0) is 25.5 Å². The highest BCUT2D eigenvalue weighted by Gasteiger charge is 2.34. The highest BCUT2D eigenvalue weighted by Crippen LogP contribution is 2.21. The van der Waals surface area contributed by atoms with Crippen LogP contribution < -0.4 is 5.32 Å². The van der Waals surface area contributed by atoms with E-state index in [1.165, 1.54) is 0 Å². The minimum Gasteiger partial charge on any atom is -0.469 e. The molecule has 1 aromatic heterocycles. The van der Waals surface area contributed by atoms with Crippen molar-refractivity contribution in [3.8, 4) is 0 Å². The number of hydrogen-bond donors (Lipinski definition) is 1. The van der Waals surface area contributed by atoms with Crippen LogP contribution in [0.4, 0.5) is 0 Å². The summed E-state index contributed by atoms with van der Waals surface area (Å²) >= 11 is 0. The molecule has 1 N–H and O–H groups in total. The molecule has 102 valence electrons. The van der Waals surface area contributed by atoms with E-state index in [4.69, 9.17) is 13.9 Å². The highest BCUT2D eigenvalue weighted by atomic mass is 16.5. The zero-order valence-electron chi connectivity index (χ0n) is 11.3. The van der Waals surface area contributed by atoms with E-state index in [0.29, 0.717) is 12.6 Å². The number of rotatable bonds is 7. The van der Waals surface area contributed by atoms with Crippen LogP contribution in [-0.4, -0.2) is 38.5 Å². The van der Waals surface area contributed by atoms with Crippen LogP contribution in [0.1, 0.15) is 25.5 Å². The molecular weight excluding hydrogens is 230 g/mol. The highest BCUT2D eigenvalue weighted by molar-refractivity contribution is 4.98. The quantitative estimate of drug-likeness (QED) is 0.807. The molecule has 1 aliphatic rings. The summed E-state index contributed by atoms with van der Waals surface area (Å²) < 4.78 is 16.3. The van der Waals surface area contributed by atoms with Gasteiger partial charge in [-0.3, -0.25) is 0 Å². The number of furan rings is 1. The maximum atomic E-state index is 5.59. The van der Waals surface area contributed by atoms with Gasteiger partial charge in [-0.2, -0.15) is 0 Å². The van der Waals surface area contributed by atoms with Crippen LogP contribution in [0.3, 0.4) is 0 Å². The van der Waals surface area contributed by atoms with Gasteiger partial charge in [0.05, 0.1) is 12.9 Å². The third-order valence-corrected chi connectivity index (χ3v) is 3.68. The first-order chi connectivity index (χ1) is 8.74. The van der Waals surface area contributed by atoms with Crippen LogP contribution >= 0.6 is 0 Å². The van der Waals surface area contributed by atoms with Crippen LogP contribution in [0, 0.1) is 0 Å². The predicted octanol–water partition coefficient (Wildman–Crippen LogP) is 2.00. The van der Waals surface area contributed by atoms with Gasteiger partial charge in [0.25, 0.3) is 0 Å². The minimum atomic E-state index is -0.126. The summed E-state index contributed by atoms with van der Waals surface area (Å²) in [5.74, 6) is 1.05. The zero-order chi connectivity index (χ0) is 12.8. The number of nitrogens with one attached hydrogen (secondary N) is 1. The van der Waals surface area contributed by atoms with E-state index in [1.54, 1.807) is 13.4 Å². The molecule has 1 saturated heterocycles. The third-order valence-electron chi connectivity index (χ3n) is 3.68. The molecule has 0 amide bonds. The van der Waals surface area contributed by atoms with Crippen molar-refractivity contribution in [2.45, 2.75) is 37.8 Å². The first kappa shape index (κ1) is 13.6. The van der Waals surface area contributed by atoms with Crippen LogP contribution in [0.15, 0.2) is 22.8 Å². The second-order valence-corrected chi connectivity index (χ2v) is 5.09. The first-order valence-corrected chi connectivity index (χ1v) is 6.63. The Labute approximate surface area is 109 Å². The molecule has 1 fully saturated rings. The maximum Gasteiger partial charge on any atom is 0.106 e. The van der Waals surface area contributed by atoms with Gasteiger partial charge in [-0.25, -0.2) is 0 Å². The molecule has 0 radical (unpaired) electrons. The molecule has 0 spiro atoms. The second kappa shape index (κ2) is 6.36. The molecule has 2 rings (SSSR count). The number of methoxy groups -OCH3 is 1. The smallest absolute Gasteiger partial charge is 0.106 e. The van der Waals surface area contributed by atoms with E-state index in [-0.39, 0.29) is 5.60 Å². The normalized spacial score (nSPS) is 25.4. The molecule has 2 heterocycles. The fraction of sp³-hybridized carbons (Fsp3) is 0.714. The van der Waals surface area contributed by atoms with E-state index >= 15 is 0 Å². The number of aryl methyl sites for hydroxylation is 1. The first-order valence-electron chi connectivity index (χ1n) is 6.63. The Morgan fingerprint density at radius 3 is 3.06 bits per heavy atom. The molecule has 0 aromatic carbocycles. The Balaban J connectivity index is 1.69. The Kier molecular flexibility index (Phi) is 4.80. The van der Waals surface area contributed by atoms with Crippen LogP contribution in [0.25, 0.3) is 0 Å². The van der Waals surface area contributed by atoms with Gasteiger partial charge < -0.3 is 19.2 Å². The summed E-state index contributed by atoms with van der Waals surface area (Å²) in [5, 5.41) is 3.53. The van der Waals surface area contributed by atoms with Gasteiger partial charge in [0.15, 0.2) is 0 Å². The fourth-order valence-corrected chi connectivity index (χ4v) is 2.24. The lowest BCUT2D eigenvalue weighted by atomic mass is 10.0. The monoisotopic (exact) mass is 253 g/mol. The van der Waals surface area contributed by atoms with Crippen LogP contribution in [-0.2, 0) is 15.9 Å². The molecule has 0 aliphatic carbocycles. The summed E-state index contributed by atoms with van der Waals surface area (Å²) in [7, 11) is 1.77. The molecule has 4 nitrogen and oxygen atoms in total. The van der Waals surface area contributed by atoms with Gasteiger partial charge in [0.1, 0.15) is 11.4 Å². The summed E-state index contributed by atoms with van der Waals surface area (Å²) in [5.41, 5.74) is -0.126. The van der Waals surface area contributed by atoms with Crippen molar-refractivity contribution in [2.75, 3.05) is 26.9 Å². The van der Waals surface area contributed by atoms with Gasteiger partial charge in [-0.1, -0.05) is 0 Å². The van der Waals surface area contributed by atoms with Crippen molar-refractivity contribution in [1.82, 2.24) is 5.32 Å². The van der Waals surface area contributed by atoms with Crippen molar-refractivity contribution in [1.29, 1.82) is 0 Å². The van der Waals surface area contributed by atoms with E-state index in [9.17, 15) is 0 Å². The fourth-order valence-electron chi connectivity index (χ4n) is 2.24. The summed E-state index contributed by atoms with van der Waals surface area (Å²) in [6.45, 7) is 4.54. The molecule has 2 atom stereocenters. The SMILES string of the molecule is COC1(CNC(C)CCc2ccco2)CCOC1. The van der Waals surface area contributed by atoms with Crippen molar-refractivity contribution >= 4 is 0 Å². The lowest BCUT2D eigenvalue weighted by molar-refractivity contribution is -0.0173. The Bertz CT molecular complexity index is 331. The molecule has 4 heteroatoms. The molecule has 18 heavy (non-hydrogen) atoms. The zero-order valence-corrected chi connectivity index (χ0v) is 11.3. The average molecular weight is 253 g/mol. The molecule has 0 bridgehead atoms. The van der Waals surface area contributed by atoms with Crippen LogP contribution in [0.2, 0.25) is 0 Å². The minimum absolute atomic E-state index is 0.126. The molecule has 2 unspecified atom stereocenters. The van der Waals surface area contributed by atoms with Crippen molar-refractivity contribution < 1.29 is 13.9 Å². The standard InChI is InChI=1S/C14H23NO3/c1-12(5-6-13-4-3-8-18-13)15-10-14(16-2)7-9-17-11-14/h3-4,8,12,15H,5-7,9-11H2,1-2H3. The number of ether oxygens (including phenoxy) is 2. The molecule has 1 aliphatic heterocycles. The lowest BCUT2D eigenvalue weighted by Crippen LogP contribution is -2.45. The van der Waals surface area contributed by atoms with E-state index < -0.39 is 0 Å².